The minimum absolute atomic E-state index is 0.177. The first-order valence-electron chi connectivity index (χ1n) is 9.11. The summed E-state index contributed by atoms with van der Waals surface area (Å²) in [6.45, 7) is 2.11. The van der Waals surface area contributed by atoms with E-state index in [1.807, 2.05) is 6.07 Å². The van der Waals surface area contributed by atoms with E-state index in [-0.39, 0.29) is 19.2 Å². The molecule has 1 atom stereocenters. The van der Waals surface area contributed by atoms with E-state index in [9.17, 15) is 9.90 Å². The fourth-order valence-electron chi connectivity index (χ4n) is 3.17. The summed E-state index contributed by atoms with van der Waals surface area (Å²) >= 11 is 6.23. The Morgan fingerprint density at radius 2 is 2.03 bits per heavy atom. The van der Waals surface area contributed by atoms with Crippen LogP contribution in [0.2, 0.25) is 5.02 Å². The van der Waals surface area contributed by atoms with Crippen LogP contribution in [0.4, 0.5) is 0 Å². The largest absolute Gasteiger partial charge is 0.454 e. The molecule has 2 N–H and O–H groups in total. The number of carbonyl (C=O) groups is 1. The van der Waals surface area contributed by atoms with E-state index >= 15 is 0 Å². The minimum atomic E-state index is -0.753. The number of halogens is 1. The normalized spacial score (nSPS) is 13.3. The Bertz CT molecular complexity index is 1050. The van der Waals surface area contributed by atoms with E-state index in [0.717, 1.165) is 0 Å². The summed E-state index contributed by atoms with van der Waals surface area (Å²) in [6, 6.07) is 12.4. The molecular formula is C21H19ClN2O5. The number of fused-ring (bicyclic) bond motifs is 1. The van der Waals surface area contributed by atoms with E-state index in [0.29, 0.717) is 51.1 Å². The van der Waals surface area contributed by atoms with Crippen molar-refractivity contribution in [3.63, 3.8) is 0 Å². The van der Waals surface area contributed by atoms with Gasteiger partial charge in [0.25, 0.3) is 5.91 Å². The molecule has 1 aliphatic heterocycles. The van der Waals surface area contributed by atoms with Crippen molar-refractivity contribution < 1.29 is 23.9 Å². The molecule has 0 bridgehead atoms. The highest BCUT2D eigenvalue weighted by molar-refractivity contribution is 6.33. The second kappa shape index (κ2) is 8.14. The van der Waals surface area contributed by atoms with Crippen molar-refractivity contribution in [2.45, 2.75) is 19.4 Å². The zero-order valence-electron chi connectivity index (χ0n) is 15.6. The van der Waals surface area contributed by atoms with Crippen molar-refractivity contribution in [2.24, 2.45) is 0 Å². The number of hydrogen-bond donors (Lipinski definition) is 2. The van der Waals surface area contributed by atoms with Crippen LogP contribution in [0.15, 0.2) is 47.0 Å². The number of aliphatic hydroxyl groups excluding tert-OH is 1. The smallest absolute Gasteiger partial charge is 0.257 e. The van der Waals surface area contributed by atoms with Gasteiger partial charge in [-0.05, 0) is 37.1 Å². The summed E-state index contributed by atoms with van der Waals surface area (Å²) in [5, 5.41) is 17.7. The molecule has 0 aliphatic carbocycles. The van der Waals surface area contributed by atoms with Gasteiger partial charge in [0.2, 0.25) is 6.79 Å². The molecule has 1 aliphatic rings. The van der Waals surface area contributed by atoms with Crippen molar-refractivity contribution >= 4 is 17.5 Å². The molecule has 2 heterocycles. The van der Waals surface area contributed by atoms with Crippen molar-refractivity contribution in [1.82, 2.24) is 10.5 Å². The predicted molar refractivity (Wildman–Crippen MR) is 106 cm³/mol. The number of carbonyl (C=O) groups excluding carboxylic acids is 1. The Balaban J connectivity index is 1.42. The van der Waals surface area contributed by atoms with Crippen LogP contribution in [0.3, 0.4) is 0 Å². The zero-order valence-corrected chi connectivity index (χ0v) is 16.4. The standard InChI is InChI=1S/C21H19ClN2O5/c1-12-19(20(24-29-12)14-4-2-3-5-15(14)22)21(26)23-9-8-16(25)13-6-7-17-18(10-13)28-11-27-17/h2-7,10,16,25H,8-9,11H2,1H3,(H,23,26)/t16-/m1/s1. The summed E-state index contributed by atoms with van der Waals surface area (Å²) in [5.74, 6) is 1.32. The molecule has 8 heteroatoms. The third-order valence-electron chi connectivity index (χ3n) is 4.70. The Hall–Kier alpha value is -3.03. The summed E-state index contributed by atoms with van der Waals surface area (Å²) in [7, 11) is 0. The highest BCUT2D eigenvalue weighted by atomic mass is 35.5. The van der Waals surface area contributed by atoms with Crippen molar-refractivity contribution in [1.29, 1.82) is 0 Å². The molecule has 150 valence electrons. The van der Waals surface area contributed by atoms with E-state index in [4.69, 9.17) is 25.6 Å². The Morgan fingerprint density at radius 1 is 1.24 bits per heavy atom. The molecule has 3 aromatic rings. The summed E-state index contributed by atoms with van der Waals surface area (Å²) in [4.78, 5) is 12.7. The first-order valence-corrected chi connectivity index (χ1v) is 9.49. The van der Waals surface area contributed by atoms with Gasteiger partial charge in [0, 0.05) is 12.1 Å². The lowest BCUT2D eigenvalue weighted by Crippen LogP contribution is -2.26. The number of nitrogens with zero attached hydrogens (tertiary/aromatic N) is 1. The van der Waals surface area contributed by atoms with Gasteiger partial charge in [-0.2, -0.15) is 0 Å². The number of amides is 1. The highest BCUT2D eigenvalue weighted by Crippen LogP contribution is 2.35. The van der Waals surface area contributed by atoms with Gasteiger partial charge in [0.05, 0.1) is 11.1 Å². The van der Waals surface area contributed by atoms with Crippen LogP contribution in [0.1, 0.15) is 34.2 Å². The monoisotopic (exact) mass is 414 g/mol. The average Bonchev–Trinajstić information content (AvgIpc) is 3.34. The molecule has 0 spiro atoms. The zero-order chi connectivity index (χ0) is 20.4. The number of nitrogens with one attached hydrogen (secondary N) is 1. The molecule has 0 radical (unpaired) electrons. The average molecular weight is 415 g/mol. The van der Waals surface area contributed by atoms with Crippen LogP contribution in [0, 0.1) is 6.92 Å². The first-order chi connectivity index (χ1) is 14.0. The summed E-state index contributed by atoms with van der Waals surface area (Å²) in [5.41, 5.74) is 2.04. The molecular weight excluding hydrogens is 396 g/mol. The maximum atomic E-state index is 12.7. The van der Waals surface area contributed by atoms with Gasteiger partial charge < -0.3 is 24.4 Å². The Kier molecular flexibility index (Phi) is 5.42. The third kappa shape index (κ3) is 3.92. The topological polar surface area (TPSA) is 93.8 Å². The number of ether oxygens (including phenoxy) is 2. The molecule has 7 nitrogen and oxygen atoms in total. The molecule has 0 saturated carbocycles. The lowest BCUT2D eigenvalue weighted by molar-refractivity contribution is 0.0941. The van der Waals surface area contributed by atoms with Gasteiger partial charge in [-0.15, -0.1) is 0 Å². The van der Waals surface area contributed by atoms with E-state index < -0.39 is 6.10 Å². The number of aromatic nitrogens is 1. The van der Waals surface area contributed by atoms with Gasteiger partial charge in [0.15, 0.2) is 11.5 Å². The van der Waals surface area contributed by atoms with Gasteiger partial charge in [-0.3, -0.25) is 4.79 Å². The molecule has 0 fully saturated rings. The lowest BCUT2D eigenvalue weighted by atomic mass is 10.0. The summed E-state index contributed by atoms with van der Waals surface area (Å²) < 4.78 is 15.8. The van der Waals surface area contributed by atoms with Gasteiger partial charge in [-0.1, -0.05) is 41.0 Å². The van der Waals surface area contributed by atoms with Gasteiger partial charge in [0.1, 0.15) is 17.0 Å². The SMILES string of the molecule is Cc1onc(-c2ccccc2Cl)c1C(=O)NCC[C@@H](O)c1ccc2c(c1)OCO2. The number of benzene rings is 2. The Labute approximate surface area is 172 Å². The number of aryl methyl sites for hydroxylation is 1. The van der Waals surface area contributed by atoms with Crippen molar-refractivity contribution in [3.05, 3.63) is 64.4 Å². The van der Waals surface area contributed by atoms with Crippen molar-refractivity contribution in [2.75, 3.05) is 13.3 Å². The first kappa shape index (κ1) is 19.3. The summed E-state index contributed by atoms with van der Waals surface area (Å²) in [6.07, 6.45) is -0.423. The van der Waals surface area contributed by atoms with Crippen LogP contribution in [-0.4, -0.2) is 29.5 Å². The maximum Gasteiger partial charge on any atom is 0.257 e. The fraction of sp³-hybridized carbons (Fsp3) is 0.238. The van der Waals surface area contributed by atoms with E-state index in [1.54, 1.807) is 43.3 Å². The minimum Gasteiger partial charge on any atom is -0.454 e. The lowest BCUT2D eigenvalue weighted by Gasteiger charge is -2.12. The molecule has 4 rings (SSSR count). The second-order valence-corrected chi connectivity index (χ2v) is 7.02. The number of hydrogen-bond acceptors (Lipinski definition) is 6. The maximum absolute atomic E-state index is 12.7. The molecule has 2 aromatic carbocycles. The van der Waals surface area contributed by atoms with Gasteiger partial charge in [-0.25, -0.2) is 0 Å². The second-order valence-electron chi connectivity index (χ2n) is 6.62. The number of rotatable bonds is 6. The van der Waals surface area contributed by atoms with E-state index in [2.05, 4.69) is 10.5 Å². The highest BCUT2D eigenvalue weighted by Gasteiger charge is 2.23. The Morgan fingerprint density at radius 3 is 2.86 bits per heavy atom. The molecule has 0 unspecified atom stereocenters. The quantitative estimate of drug-likeness (QED) is 0.635. The molecule has 1 amide bonds. The van der Waals surface area contributed by atoms with E-state index in [1.165, 1.54) is 0 Å². The van der Waals surface area contributed by atoms with Crippen LogP contribution in [0.25, 0.3) is 11.3 Å². The van der Waals surface area contributed by atoms with Crippen LogP contribution in [-0.2, 0) is 0 Å². The molecule has 29 heavy (non-hydrogen) atoms. The molecule has 1 aromatic heterocycles. The fourth-order valence-corrected chi connectivity index (χ4v) is 3.40. The van der Waals surface area contributed by atoms with Crippen LogP contribution >= 0.6 is 11.6 Å². The van der Waals surface area contributed by atoms with Gasteiger partial charge >= 0.3 is 0 Å². The predicted octanol–water partition coefficient (Wildman–Crippen LogP) is 3.89. The molecule has 0 saturated heterocycles. The van der Waals surface area contributed by atoms with Crippen LogP contribution in [0.5, 0.6) is 11.5 Å². The third-order valence-corrected chi connectivity index (χ3v) is 5.03. The van der Waals surface area contributed by atoms with Crippen molar-refractivity contribution in [3.8, 4) is 22.8 Å². The van der Waals surface area contributed by atoms with Crippen LogP contribution < -0.4 is 14.8 Å². The number of aliphatic hydroxyl groups is 1.